The van der Waals surface area contributed by atoms with Gasteiger partial charge in [-0.15, -0.1) is 0 Å². The van der Waals surface area contributed by atoms with E-state index in [1.165, 1.54) is 4.08 Å². The number of para-hydroxylation sites is 2. The molecule has 1 aromatic heterocycles. The highest BCUT2D eigenvalue weighted by molar-refractivity contribution is 8.06. The third-order valence-electron chi connectivity index (χ3n) is 3.99. The molecule has 0 saturated heterocycles. The van der Waals surface area contributed by atoms with Crippen LogP contribution in [0.4, 0.5) is 10.5 Å². The van der Waals surface area contributed by atoms with Gasteiger partial charge >= 0.3 is 13.8 Å². The van der Waals surface area contributed by atoms with Crippen molar-refractivity contribution in [3.8, 4) is 5.75 Å². The molecule has 0 atom stereocenters. The average molecular weight is 461 g/mol. The Hall–Kier alpha value is -2.58. The number of hydrogen-bond donors (Lipinski definition) is 1. The molecular weight excluding hydrogens is 437 g/mol. The highest BCUT2D eigenvalue weighted by Gasteiger charge is 2.34. The second-order valence-electron chi connectivity index (χ2n) is 6.08. The Labute approximate surface area is 185 Å². The summed E-state index contributed by atoms with van der Waals surface area (Å²) in [5.41, 5.74) is 1.22. The number of nitrogens with zero attached hydrogens (tertiary/aromatic N) is 2. The molecule has 0 aliphatic rings. The van der Waals surface area contributed by atoms with Gasteiger partial charge in [0, 0.05) is 11.6 Å². The van der Waals surface area contributed by atoms with Gasteiger partial charge in [-0.2, -0.15) is 0 Å². The van der Waals surface area contributed by atoms with Crippen molar-refractivity contribution in [2.24, 2.45) is 0 Å². The smallest absolute Gasteiger partial charge is 0.408 e. The van der Waals surface area contributed by atoms with Crippen LogP contribution in [0.3, 0.4) is 0 Å². The highest BCUT2D eigenvalue weighted by Crippen LogP contribution is 2.57. The number of rotatable bonds is 10. The van der Waals surface area contributed by atoms with Crippen molar-refractivity contribution in [3.05, 3.63) is 66.9 Å². The Kier molecular flexibility index (Phi) is 8.31. The molecule has 0 unspecified atom stereocenters. The minimum absolute atomic E-state index is 0.0794. The van der Waals surface area contributed by atoms with Crippen molar-refractivity contribution in [2.75, 3.05) is 23.2 Å². The SMILES string of the molecule is CCOP(=O)(OCC)N(SCNC(=O)Oc1cccc2cccnc12)c1ccccc1. The van der Waals surface area contributed by atoms with Crippen LogP contribution in [0.15, 0.2) is 66.9 Å². The molecule has 2 aromatic carbocycles. The number of carbonyl (C=O) groups excluding carboxylic acids is 1. The van der Waals surface area contributed by atoms with E-state index in [4.69, 9.17) is 13.8 Å². The zero-order valence-corrected chi connectivity index (χ0v) is 19.0. The van der Waals surface area contributed by atoms with Gasteiger partial charge in [0.1, 0.15) is 5.52 Å². The number of pyridine rings is 1. The summed E-state index contributed by atoms with van der Waals surface area (Å²) in [6.45, 7) is 3.91. The summed E-state index contributed by atoms with van der Waals surface area (Å²) in [6, 6.07) is 18.1. The molecule has 31 heavy (non-hydrogen) atoms. The van der Waals surface area contributed by atoms with Gasteiger partial charge in [0.15, 0.2) is 5.75 Å². The topological polar surface area (TPSA) is 90.0 Å². The third-order valence-corrected chi connectivity index (χ3v) is 7.51. The summed E-state index contributed by atoms with van der Waals surface area (Å²) in [6.07, 6.45) is 0.987. The van der Waals surface area contributed by atoms with Crippen LogP contribution in [0.25, 0.3) is 10.9 Å². The fraction of sp³-hybridized carbons (Fsp3) is 0.238. The summed E-state index contributed by atoms with van der Waals surface area (Å²) in [4.78, 5) is 16.6. The fourth-order valence-electron chi connectivity index (χ4n) is 2.76. The van der Waals surface area contributed by atoms with E-state index in [0.717, 1.165) is 17.3 Å². The predicted molar refractivity (Wildman–Crippen MR) is 123 cm³/mol. The van der Waals surface area contributed by atoms with Gasteiger partial charge < -0.3 is 10.1 Å². The summed E-state index contributed by atoms with van der Waals surface area (Å²) in [7, 11) is -3.62. The lowest BCUT2D eigenvalue weighted by Gasteiger charge is -2.30. The summed E-state index contributed by atoms with van der Waals surface area (Å²) in [5.74, 6) is 0.436. The average Bonchev–Trinajstić information content (AvgIpc) is 2.78. The summed E-state index contributed by atoms with van der Waals surface area (Å²) >= 11 is 1.10. The molecule has 164 valence electrons. The number of hydrogen-bond acceptors (Lipinski definition) is 7. The van der Waals surface area contributed by atoms with Crippen LogP contribution in [0.1, 0.15) is 13.8 Å². The molecule has 0 aliphatic carbocycles. The Bertz CT molecular complexity index is 1040. The molecule has 1 heterocycles. The van der Waals surface area contributed by atoms with E-state index < -0.39 is 13.8 Å². The second kappa shape index (κ2) is 11.2. The molecule has 1 amide bonds. The molecule has 0 aliphatic heterocycles. The van der Waals surface area contributed by atoms with Gasteiger partial charge in [0.25, 0.3) is 0 Å². The zero-order chi connectivity index (χ0) is 22.1. The van der Waals surface area contributed by atoms with Crippen molar-refractivity contribution in [3.63, 3.8) is 0 Å². The minimum atomic E-state index is -3.62. The fourth-order valence-corrected chi connectivity index (χ4v) is 5.71. The van der Waals surface area contributed by atoms with E-state index in [-0.39, 0.29) is 19.1 Å². The number of ether oxygens (including phenoxy) is 1. The Balaban J connectivity index is 1.68. The quantitative estimate of drug-likeness (QED) is 0.236. The lowest BCUT2D eigenvalue weighted by molar-refractivity contribution is 0.202. The molecule has 0 saturated carbocycles. The number of aromatic nitrogens is 1. The van der Waals surface area contributed by atoms with Crippen LogP contribution in [0, 0.1) is 0 Å². The molecule has 0 radical (unpaired) electrons. The Morgan fingerprint density at radius 2 is 1.74 bits per heavy atom. The maximum absolute atomic E-state index is 13.3. The van der Waals surface area contributed by atoms with E-state index >= 15 is 0 Å². The van der Waals surface area contributed by atoms with Crippen LogP contribution in [0.2, 0.25) is 0 Å². The lowest BCUT2D eigenvalue weighted by Crippen LogP contribution is -2.29. The van der Waals surface area contributed by atoms with Gasteiger partial charge in [0.2, 0.25) is 0 Å². The standard InChI is InChI=1S/C21H24N3O5PS/c1-3-27-30(26,28-4-2)24(18-12-6-5-7-13-18)31-16-23-21(25)29-19-14-8-10-17-11-9-15-22-20(17)19/h5-15H,3-4,16H2,1-2H3,(H,23,25). The molecule has 8 nitrogen and oxygen atoms in total. The summed E-state index contributed by atoms with van der Waals surface area (Å²) in [5, 5.41) is 3.52. The molecule has 3 rings (SSSR count). The van der Waals surface area contributed by atoms with Crippen molar-refractivity contribution >= 4 is 42.4 Å². The van der Waals surface area contributed by atoms with Crippen LogP contribution in [0.5, 0.6) is 5.75 Å². The monoisotopic (exact) mass is 461 g/mol. The maximum atomic E-state index is 13.3. The van der Waals surface area contributed by atoms with Crippen molar-refractivity contribution in [2.45, 2.75) is 13.8 Å². The van der Waals surface area contributed by atoms with Crippen LogP contribution >= 0.6 is 19.7 Å². The number of fused-ring (bicyclic) bond motifs is 1. The predicted octanol–water partition coefficient (Wildman–Crippen LogP) is 5.62. The molecule has 0 fully saturated rings. The van der Waals surface area contributed by atoms with Crippen molar-refractivity contribution in [1.82, 2.24) is 10.3 Å². The Morgan fingerprint density at radius 3 is 2.45 bits per heavy atom. The zero-order valence-electron chi connectivity index (χ0n) is 17.3. The molecule has 3 aromatic rings. The highest BCUT2D eigenvalue weighted by atomic mass is 32.2. The number of anilines is 1. The number of amides is 1. The molecule has 1 N–H and O–H groups in total. The molecule has 0 spiro atoms. The van der Waals surface area contributed by atoms with Gasteiger partial charge in [0.05, 0.1) is 24.8 Å². The van der Waals surface area contributed by atoms with Crippen LogP contribution < -0.4 is 14.1 Å². The normalized spacial score (nSPS) is 11.3. The Morgan fingerprint density at radius 1 is 1.03 bits per heavy atom. The van der Waals surface area contributed by atoms with E-state index in [1.54, 1.807) is 44.3 Å². The molecular formula is C21H24N3O5PS. The van der Waals surface area contributed by atoms with Gasteiger partial charge in [-0.1, -0.05) is 36.4 Å². The lowest BCUT2D eigenvalue weighted by atomic mass is 10.2. The first-order valence-electron chi connectivity index (χ1n) is 9.74. The molecule has 0 bridgehead atoms. The van der Waals surface area contributed by atoms with Gasteiger partial charge in [-0.25, -0.2) is 13.4 Å². The first kappa shape index (κ1) is 23.1. The van der Waals surface area contributed by atoms with E-state index in [1.807, 2.05) is 36.4 Å². The first-order chi connectivity index (χ1) is 15.1. The third kappa shape index (κ3) is 5.98. The maximum Gasteiger partial charge on any atom is 0.445 e. The largest absolute Gasteiger partial charge is 0.445 e. The first-order valence-corrected chi connectivity index (χ1v) is 12.2. The van der Waals surface area contributed by atoms with Crippen molar-refractivity contribution in [1.29, 1.82) is 0 Å². The second-order valence-corrected chi connectivity index (χ2v) is 9.12. The van der Waals surface area contributed by atoms with E-state index in [9.17, 15) is 9.36 Å². The van der Waals surface area contributed by atoms with Gasteiger partial charge in [-0.3, -0.25) is 14.0 Å². The van der Waals surface area contributed by atoms with E-state index in [2.05, 4.69) is 10.3 Å². The minimum Gasteiger partial charge on any atom is -0.408 e. The van der Waals surface area contributed by atoms with Gasteiger partial charge in [-0.05, 0) is 50.1 Å². The van der Waals surface area contributed by atoms with Crippen LogP contribution in [-0.2, 0) is 13.6 Å². The number of carbonyl (C=O) groups is 1. The number of nitrogens with one attached hydrogen (secondary N) is 1. The molecule has 10 heteroatoms. The van der Waals surface area contributed by atoms with E-state index in [0.29, 0.717) is 17.0 Å². The van der Waals surface area contributed by atoms with Crippen molar-refractivity contribution < 1.29 is 23.1 Å². The summed E-state index contributed by atoms with van der Waals surface area (Å²) < 4.78 is 31.2. The number of benzene rings is 2. The van der Waals surface area contributed by atoms with Crippen LogP contribution in [-0.4, -0.2) is 30.2 Å².